The molecule has 2 N–H and O–H groups in total. The van der Waals surface area contributed by atoms with E-state index < -0.39 is 15.2 Å². The van der Waals surface area contributed by atoms with Crippen molar-refractivity contribution in [1.82, 2.24) is 0 Å². The Labute approximate surface area is 126 Å². The first-order valence-electron chi connectivity index (χ1n) is 7.86. The molecular weight excluding hydrogens is 265 g/mol. The average Bonchev–Trinajstić information content (AvgIpc) is 2.26. The fraction of sp³-hybridized carbons (Fsp3) is 0.933. The summed E-state index contributed by atoms with van der Waals surface area (Å²) in [5, 5.41) is 27.5. The lowest BCUT2D eigenvalue weighted by atomic mass is 9.77. The minimum atomic E-state index is -1.58. The summed E-state index contributed by atoms with van der Waals surface area (Å²) in [5.74, 6) is -0.256. The largest absolute Gasteiger partial charge is 0.452 e. The zero-order chi connectivity index (χ0) is 16.1. The van der Waals surface area contributed by atoms with Crippen LogP contribution >= 0.6 is 0 Å². The van der Waals surface area contributed by atoms with Gasteiger partial charge in [-0.2, -0.15) is 5.26 Å². The van der Waals surface area contributed by atoms with E-state index in [9.17, 15) is 5.26 Å². The summed E-state index contributed by atoms with van der Waals surface area (Å²) in [6.07, 6.45) is 0.953. The molecular formula is C15H32BNO2Si. The number of nitrogens with zero attached hydrogens (tertiary/aromatic N) is 1. The zero-order valence-corrected chi connectivity index (χ0v) is 15.2. The maximum atomic E-state index is 9.25. The van der Waals surface area contributed by atoms with Gasteiger partial charge in [-0.25, -0.2) is 0 Å². The summed E-state index contributed by atoms with van der Waals surface area (Å²) in [5.41, 5.74) is 2.49. The van der Waals surface area contributed by atoms with Crippen molar-refractivity contribution in [3.05, 3.63) is 0 Å². The van der Waals surface area contributed by atoms with E-state index in [1.54, 1.807) is 0 Å². The number of hydrogen-bond acceptors (Lipinski definition) is 3. The van der Waals surface area contributed by atoms with Crippen LogP contribution in [-0.2, 0) is 0 Å². The van der Waals surface area contributed by atoms with Gasteiger partial charge < -0.3 is 10.0 Å². The van der Waals surface area contributed by atoms with E-state index in [4.69, 9.17) is 10.0 Å². The quantitative estimate of drug-likeness (QED) is 0.664. The molecule has 0 saturated carbocycles. The highest BCUT2D eigenvalue weighted by Crippen LogP contribution is 2.51. The molecule has 0 spiro atoms. The van der Waals surface area contributed by atoms with Crippen LogP contribution in [0.4, 0.5) is 0 Å². The maximum Gasteiger partial charge on any atom is 0.452 e. The first-order valence-corrected chi connectivity index (χ1v) is 10.2. The molecule has 0 bridgehead atoms. The Morgan fingerprint density at radius 2 is 1.35 bits per heavy atom. The molecule has 0 rings (SSSR count). The zero-order valence-electron chi connectivity index (χ0n) is 14.2. The molecule has 0 fully saturated rings. The molecule has 0 amide bonds. The van der Waals surface area contributed by atoms with Gasteiger partial charge in [-0.15, -0.1) is 0 Å². The van der Waals surface area contributed by atoms with E-state index in [0.717, 1.165) is 6.42 Å². The molecule has 5 heteroatoms. The second-order valence-corrected chi connectivity index (χ2v) is 13.6. The van der Waals surface area contributed by atoms with Crippen molar-refractivity contribution in [2.75, 3.05) is 0 Å². The van der Waals surface area contributed by atoms with Gasteiger partial charge in [0.2, 0.25) is 0 Å². The minimum absolute atomic E-state index is 0.166. The van der Waals surface area contributed by atoms with Crippen molar-refractivity contribution in [2.24, 2.45) is 5.92 Å². The van der Waals surface area contributed by atoms with Crippen LogP contribution in [0.5, 0.6) is 0 Å². The lowest BCUT2D eigenvalue weighted by molar-refractivity contribution is 0.392. The Hall–Kier alpha value is -0.308. The number of nitriles is 1. The van der Waals surface area contributed by atoms with Gasteiger partial charge >= 0.3 is 7.12 Å². The van der Waals surface area contributed by atoms with E-state index in [1.165, 1.54) is 0 Å². The molecule has 3 nitrogen and oxygen atoms in total. The molecule has 2 atom stereocenters. The highest BCUT2D eigenvalue weighted by molar-refractivity contribution is 6.84. The predicted octanol–water partition coefficient (Wildman–Crippen LogP) is 4.06. The fourth-order valence-electron chi connectivity index (χ4n) is 4.79. The third kappa shape index (κ3) is 4.34. The van der Waals surface area contributed by atoms with Crippen molar-refractivity contribution >= 4 is 15.2 Å². The highest BCUT2D eigenvalue weighted by Gasteiger charge is 2.47. The Kier molecular flexibility index (Phi) is 8.09. The SMILES string of the molecule is CC(C)[Si](C(C)C)(C(C)C)C(C)CC(C#N)CB(O)O. The summed E-state index contributed by atoms with van der Waals surface area (Å²) in [6.45, 7) is 16.2. The first-order chi connectivity index (χ1) is 9.10. The van der Waals surface area contributed by atoms with Crippen LogP contribution in [0.1, 0.15) is 54.9 Å². The minimum Gasteiger partial charge on any atom is -0.427 e. The van der Waals surface area contributed by atoms with E-state index >= 15 is 0 Å². The topological polar surface area (TPSA) is 64.2 Å². The van der Waals surface area contributed by atoms with Crippen LogP contribution in [0.3, 0.4) is 0 Å². The van der Waals surface area contributed by atoms with E-state index in [2.05, 4.69) is 54.5 Å². The number of rotatable bonds is 8. The normalized spacial score (nSPS) is 15.6. The molecule has 0 aromatic heterocycles. The smallest absolute Gasteiger partial charge is 0.427 e. The third-order valence-electron chi connectivity index (χ3n) is 5.17. The summed E-state index contributed by atoms with van der Waals surface area (Å²) >= 11 is 0. The lowest BCUT2D eigenvalue weighted by Crippen LogP contribution is -2.48. The van der Waals surface area contributed by atoms with Crippen LogP contribution in [0.2, 0.25) is 28.5 Å². The van der Waals surface area contributed by atoms with Gasteiger partial charge in [0.25, 0.3) is 0 Å². The van der Waals surface area contributed by atoms with Crippen molar-refractivity contribution in [3.8, 4) is 6.07 Å². The van der Waals surface area contributed by atoms with Crippen molar-refractivity contribution < 1.29 is 10.0 Å². The molecule has 0 aromatic carbocycles. The predicted molar refractivity (Wildman–Crippen MR) is 89.2 cm³/mol. The first kappa shape index (κ1) is 19.7. The van der Waals surface area contributed by atoms with E-state index in [1.807, 2.05) is 0 Å². The molecule has 116 valence electrons. The summed E-state index contributed by atoms with van der Waals surface area (Å²) < 4.78 is 0. The van der Waals surface area contributed by atoms with Gasteiger partial charge in [0, 0.05) is 5.92 Å². The molecule has 20 heavy (non-hydrogen) atoms. The van der Waals surface area contributed by atoms with Crippen LogP contribution < -0.4 is 0 Å². The molecule has 0 aromatic rings. The lowest BCUT2D eigenvalue weighted by Gasteiger charge is -2.48. The monoisotopic (exact) mass is 297 g/mol. The van der Waals surface area contributed by atoms with Crippen molar-refractivity contribution in [3.63, 3.8) is 0 Å². The van der Waals surface area contributed by atoms with Gasteiger partial charge in [-0.1, -0.05) is 65.1 Å². The Morgan fingerprint density at radius 3 is 1.60 bits per heavy atom. The van der Waals surface area contributed by atoms with Gasteiger partial charge in [-0.3, -0.25) is 0 Å². The van der Waals surface area contributed by atoms with Crippen molar-refractivity contribution in [2.45, 2.75) is 83.4 Å². The molecule has 0 aliphatic rings. The van der Waals surface area contributed by atoms with E-state index in [-0.39, 0.29) is 12.2 Å². The van der Waals surface area contributed by atoms with Crippen molar-refractivity contribution in [1.29, 1.82) is 5.26 Å². The van der Waals surface area contributed by atoms with Crippen LogP contribution in [0.15, 0.2) is 0 Å². The third-order valence-corrected chi connectivity index (χ3v) is 13.1. The Balaban J connectivity index is 5.25. The van der Waals surface area contributed by atoms with E-state index in [0.29, 0.717) is 22.2 Å². The second-order valence-electron chi connectivity index (χ2n) is 7.14. The number of hydrogen-bond donors (Lipinski definition) is 2. The molecule has 0 radical (unpaired) electrons. The summed E-state index contributed by atoms with van der Waals surface area (Å²) in [7, 11) is -2.95. The maximum absolute atomic E-state index is 9.25. The molecule has 2 unspecified atom stereocenters. The standard InChI is InChI=1S/C15H32BNO2Si/c1-11(2)20(12(3)4,13(5)6)14(7)8-15(10-17)9-16(18)19/h11-15,18-19H,8-9H2,1-7H3. The highest BCUT2D eigenvalue weighted by atomic mass is 28.3. The van der Waals surface area contributed by atoms with Crippen LogP contribution in [-0.4, -0.2) is 25.2 Å². The molecule has 0 aliphatic carbocycles. The summed E-state index contributed by atoms with van der Waals surface area (Å²) in [6, 6.07) is 2.26. The van der Waals surface area contributed by atoms with Gasteiger partial charge in [-0.05, 0) is 18.3 Å². The van der Waals surface area contributed by atoms with Gasteiger partial charge in [0.05, 0.1) is 14.1 Å². The Morgan fingerprint density at radius 1 is 0.950 bits per heavy atom. The van der Waals surface area contributed by atoms with Crippen LogP contribution in [0.25, 0.3) is 0 Å². The fourth-order valence-corrected chi connectivity index (χ4v) is 12.9. The van der Waals surface area contributed by atoms with Crippen LogP contribution in [0, 0.1) is 17.2 Å². The van der Waals surface area contributed by atoms with Gasteiger partial charge in [0.1, 0.15) is 0 Å². The average molecular weight is 297 g/mol. The second kappa shape index (κ2) is 8.21. The molecule has 0 saturated heterocycles. The molecule has 0 heterocycles. The van der Waals surface area contributed by atoms with Gasteiger partial charge in [0.15, 0.2) is 0 Å². The molecule has 0 aliphatic heterocycles. The Bertz CT molecular complexity index is 305. The summed E-state index contributed by atoms with van der Waals surface area (Å²) in [4.78, 5) is 0.